The van der Waals surface area contributed by atoms with Crippen LogP contribution in [0, 0.1) is 0 Å². The molecule has 1 rings (SSSR count). The average molecular weight is 184 g/mol. The van der Waals surface area contributed by atoms with Crippen molar-refractivity contribution in [2.75, 3.05) is 6.54 Å². The van der Waals surface area contributed by atoms with Crippen molar-refractivity contribution in [3.63, 3.8) is 0 Å². The number of carbonyl (C=O) groups is 2. The number of carbonyl (C=O) groups excluding carboxylic acids is 2. The van der Waals surface area contributed by atoms with Gasteiger partial charge in [-0.05, 0) is 12.8 Å². The lowest BCUT2D eigenvalue weighted by molar-refractivity contribution is -0.150. The highest BCUT2D eigenvalue weighted by Gasteiger charge is 2.30. The first-order valence-electron chi connectivity index (χ1n) is 4.75. The van der Waals surface area contributed by atoms with Gasteiger partial charge in [-0.25, -0.2) is 0 Å². The van der Waals surface area contributed by atoms with Crippen molar-refractivity contribution >= 4 is 11.8 Å². The summed E-state index contributed by atoms with van der Waals surface area (Å²) < 4.78 is 0. The van der Waals surface area contributed by atoms with Crippen LogP contribution in [-0.2, 0) is 9.59 Å². The first-order valence-corrected chi connectivity index (χ1v) is 4.75. The summed E-state index contributed by atoms with van der Waals surface area (Å²) in [4.78, 5) is 24.2. The fourth-order valence-electron chi connectivity index (χ4n) is 1.63. The first kappa shape index (κ1) is 10.2. The quantitative estimate of drug-likeness (QED) is 0.640. The third-order valence-corrected chi connectivity index (χ3v) is 2.43. The lowest BCUT2D eigenvalue weighted by Crippen LogP contribution is -2.49. The fourth-order valence-corrected chi connectivity index (χ4v) is 1.63. The lowest BCUT2D eigenvalue weighted by atomic mass is 10.1. The summed E-state index contributed by atoms with van der Waals surface area (Å²) in [6.45, 7) is 2.31. The van der Waals surface area contributed by atoms with Gasteiger partial charge in [-0.2, -0.15) is 0 Å². The van der Waals surface area contributed by atoms with Gasteiger partial charge in [-0.3, -0.25) is 14.5 Å². The molecule has 1 aliphatic rings. The number of hydrogen-bond acceptors (Lipinski definition) is 3. The molecule has 0 aromatic carbocycles. The minimum Gasteiger partial charge on any atom is -0.328 e. The summed E-state index contributed by atoms with van der Waals surface area (Å²) >= 11 is 0. The molecule has 1 unspecified atom stereocenters. The van der Waals surface area contributed by atoms with E-state index in [-0.39, 0.29) is 17.9 Å². The minimum atomic E-state index is -0.0969. The molecule has 1 heterocycles. The van der Waals surface area contributed by atoms with E-state index in [0.29, 0.717) is 25.8 Å². The summed E-state index contributed by atoms with van der Waals surface area (Å²) in [6.07, 6.45) is 2.41. The highest BCUT2D eigenvalue weighted by molar-refractivity contribution is 5.97. The number of hydrogen-bond donors (Lipinski definition) is 1. The zero-order chi connectivity index (χ0) is 9.84. The first-order chi connectivity index (χ1) is 6.20. The molecule has 0 aliphatic carbocycles. The number of nitrogens with two attached hydrogens (primary N) is 1. The van der Waals surface area contributed by atoms with Crippen LogP contribution >= 0.6 is 0 Å². The smallest absolute Gasteiger partial charge is 0.229 e. The van der Waals surface area contributed by atoms with Gasteiger partial charge < -0.3 is 5.73 Å². The molecule has 4 heteroatoms. The normalized spacial score (nSPS) is 20.6. The fraction of sp³-hybridized carbons (Fsp3) is 0.778. The Balaban J connectivity index is 2.72. The Labute approximate surface area is 78.1 Å². The van der Waals surface area contributed by atoms with Crippen LogP contribution in [0.2, 0.25) is 0 Å². The standard InChI is InChI=1S/C9H16N2O2/c1-2-7(6-10)11-8(12)4-3-5-9(11)13/h7H,2-6,10H2,1H3. The second-order valence-electron chi connectivity index (χ2n) is 3.31. The molecule has 0 spiro atoms. The Bertz CT molecular complexity index is 196. The van der Waals surface area contributed by atoms with E-state index in [0.717, 1.165) is 6.42 Å². The van der Waals surface area contributed by atoms with Gasteiger partial charge in [0.2, 0.25) is 11.8 Å². The van der Waals surface area contributed by atoms with E-state index in [9.17, 15) is 9.59 Å². The molecule has 4 nitrogen and oxygen atoms in total. The van der Waals surface area contributed by atoms with Gasteiger partial charge in [0.1, 0.15) is 0 Å². The monoisotopic (exact) mass is 184 g/mol. The molecule has 0 aromatic rings. The van der Waals surface area contributed by atoms with Gasteiger partial charge in [0, 0.05) is 19.4 Å². The molecular weight excluding hydrogens is 168 g/mol. The van der Waals surface area contributed by atoms with Crippen LogP contribution in [0.5, 0.6) is 0 Å². The summed E-state index contributed by atoms with van der Waals surface area (Å²) in [5, 5.41) is 0. The maximum Gasteiger partial charge on any atom is 0.229 e. The third-order valence-electron chi connectivity index (χ3n) is 2.43. The molecule has 2 amide bonds. The van der Waals surface area contributed by atoms with Crippen LogP contribution in [0.1, 0.15) is 32.6 Å². The Hall–Kier alpha value is -0.900. The van der Waals surface area contributed by atoms with E-state index in [1.165, 1.54) is 4.90 Å². The summed E-state index contributed by atoms with van der Waals surface area (Å²) in [5.74, 6) is -0.123. The van der Waals surface area contributed by atoms with E-state index >= 15 is 0 Å². The topological polar surface area (TPSA) is 63.4 Å². The lowest BCUT2D eigenvalue weighted by Gasteiger charge is -2.31. The Morgan fingerprint density at radius 3 is 2.31 bits per heavy atom. The molecule has 0 radical (unpaired) electrons. The molecule has 1 saturated heterocycles. The number of rotatable bonds is 3. The van der Waals surface area contributed by atoms with E-state index in [4.69, 9.17) is 5.73 Å². The van der Waals surface area contributed by atoms with Crippen molar-refractivity contribution < 1.29 is 9.59 Å². The van der Waals surface area contributed by atoms with Crippen molar-refractivity contribution in [1.29, 1.82) is 0 Å². The van der Waals surface area contributed by atoms with E-state index in [2.05, 4.69) is 0 Å². The summed E-state index contributed by atoms with van der Waals surface area (Å²) in [6, 6.07) is -0.0969. The van der Waals surface area contributed by atoms with Crippen LogP contribution in [-0.4, -0.2) is 29.3 Å². The second kappa shape index (κ2) is 4.37. The number of nitrogens with zero attached hydrogens (tertiary/aromatic N) is 1. The Morgan fingerprint density at radius 1 is 1.38 bits per heavy atom. The van der Waals surface area contributed by atoms with Gasteiger partial charge in [0.05, 0.1) is 6.04 Å². The van der Waals surface area contributed by atoms with Gasteiger partial charge in [0.15, 0.2) is 0 Å². The van der Waals surface area contributed by atoms with Crippen LogP contribution in [0.4, 0.5) is 0 Å². The minimum absolute atomic E-state index is 0.0615. The summed E-state index contributed by atoms with van der Waals surface area (Å²) in [7, 11) is 0. The highest BCUT2D eigenvalue weighted by atomic mass is 16.2. The SMILES string of the molecule is CCC(CN)N1C(=O)CCCC1=O. The van der Waals surface area contributed by atoms with Gasteiger partial charge in [-0.1, -0.05) is 6.92 Å². The zero-order valence-electron chi connectivity index (χ0n) is 7.95. The highest BCUT2D eigenvalue weighted by Crippen LogP contribution is 2.16. The van der Waals surface area contributed by atoms with Crippen molar-refractivity contribution in [2.24, 2.45) is 5.73 Å². The van der Waals surface area contributed by atoms with E-state index in [1.807, 2.05) is 6.92 Å². The van der Waals surface area contributed by atoms with Crippen LogP contribution in [0.15, 0.2) is 0 Å². The average Bonchev–Trinajstić information content (AvgIpc) is 2.11. The molecule has 0 bridgehead atoms. The van der Waals surface area contributed by atoms with Crippen molar-refractivity contribution in [1.82, 2.24) is 4.90 Å². The number of amides is 2. The largest absolute Gasteiger partial charge is 0.328 e. The van der Waals surface area contributed by atoms with Crippen molar-refractivity contribution in [3.05, 3.63) is 0 Å². The number of likely N-dealkylation sites (tertiary alicyclic amines) is 1. The molecule has 1 aliphatic heterocycles. The maximum absolute atomic E-state index is 11.4. The predicted octanol–water partition coefficient (Wildman–Crippen LogP) is 0.263. The van der Waals surface area contributed by atoms with Gasteiger partial charge in [-0.15, -0.1) is 0 Å². The van der Waals surface area contributed by atoms with Crippen LogP contribution in [0.3, 0.4) is 0 Å². The molecule has 0 saturated carbocycles. The van der Waals surface area contributed by atoms with Crippen LogP contribution < -0.4 is 5.73 Å². The molecule has 13 heavy (non-hydrogen) atoms. The summed E-state index contributed by atoms with van der Waals surface area (Å²) in [5.41, 5.74) is 5.49. The van der Waals surface area contributed by atoms with Crippen molar-refractivity contribution in [2.45, 2.75) is 38.6 Å². The second-order valence-corrected chi connectivity index (χ2v) is 3.31. The predicted molar refractivity (Wildman–Crippen MR) is 48.8 cm³/mol. The maximum atomic E-state index is 11.4. The molecule has 0 aromatic heterocycles. The molecule has 74 valence electrons. The van der Waals surface area contributed by atoms with Crippen LogP contribution in [0.25, 0.3) is 0 Å². The Morgan fingerprint density at radius 2 is 1.92 bits per heavy atom. The van der Waals surface area contributed by atoms with E-state index < -0.39 is 0 Å². The molecule has 2 N–H and O–H groups in total. The zero-order valence-corrected chi connectivity index (χ0v) is 7.95. The molecule has 1 fully saturated rings. The van der Waals surface area contributed by atoms with Crippen molar-refractivity contribution in [3.8, 4) is 0 Å². The number of imide groups is 1. The Kier molecular flexibility index (Phi) is 3.42. The third kappa shape index (κ3) is 2.06. The molecule has 1 atom stereocenters. The number of piperidine rings is 1. The van der Waals surface area contributed by atoms with Gasteiger partial charge >= 0.3 is 0 Å². The van der Waals surface area contributed by atoms with Gasteiger partial charge in [0.25, 0.3) is 0 Å². The molecular formula is C9H16N2O2. The van der Waals surface area contributed by atoms with E-state index in [1.54, 1.807) is 0 Å².